The maximum atomic E-state index is 12.7. The number of hydrogen-bond donors (Lipinski definition) is 2. The molecule has 0 aliphatic rings. The van der Waals surface area contributed by atoms with Crippen LogP contribution in [0.1, 0.15) is 5.56 Å². The van der Waals surface area contributed by atoms with E-state index >= 15 is 0 Å². The lowest BCUT2D eigenvalue weighted by Gasteiger charge is -2.07. The van der Waals surface area contributed by atoms with Crippen LogP contribution in [-0.2, 0) is 6.54 Å². The van der Waals surface area contributed by atoms with Crippen LogP contribution in [0.2, 0.25) is 0 Å². The van der Waals surface area contributed by atoms with Gasteiger partial charge in [-0.15, -0.1) is 0 Å². The standard InChI is InChI=1S/C11H11FN2O/c12-9-1-2-11(10(13)5-9)14-6-8-3-4-15-7-8/h1-5,7,14H,6,13H2. The number of anilines is 2. The molecule has 2 aromatic rings. The Kier molecular flexibility index (Phi) is 2.58. The van der Waals surface area contributed by atoms with Crippen molar-refractivity contribution in [2.24, 2.45) is 0 Å². The Bertz CT molecular complexity index is 440. The van der Waals surface area contributed by atoms with Gasteiger partial charge in [-0.25, -0.2) is 4.39 Å². The molecule has 4 heteroatoms. The average Bonchev–Trinajstić information content (AvgIpc) is 2.69. The van der Waals surface area contributed by atoms with Gasteiger partial charge in [0.15, 0.2) is 0 Å². The van der Waals surface area contributed by atoms with Crippen LogP contribution >= 0.6 is 0 Å². The molecule has 1 aromatic carbocycles. The summed E-state index contributed by atoms with van der Waals surface area (Å²) >= 11 is 0. The highest BCUT2D eigenvalue weighted by Crippen LogP contribution is 2.19. The topological polar surface area (TPSA) is 51.2 Å². The molecule has 0 unspecified atom stereocenters. The summed E-state index contributed by atoms with van der Waals surface area (Å²) in [5.41, 5.74) is 7.77. The fourth-order valence-corrected chi connectivity index (χ4v) is 1.29. The van der Waals surface area contributed by atoms with Crippen LogP contribution in [0.15, 0.2) is 41.2 Å². The summed E-state index contributed by atoms with van der Waals surface area (Å²) in [5.74, 6) is -0.332. The van der Waals surface area contributed by atoms with Gasteiger partial charge < -0.3 is 15.5 Å². The van der Waals surface area contributed by atoms with Gasteiger partial charge in [-0.3, -0.25) is 0 Å². The zero-order valence-electron chi connectivity index (χ0n) is 8.03. The van der Waals surface area contributed by atoms with Crippen LogP contribution in [0, 0.1) is 5.82 Å². The second-order valence-electron chi connectivity index (χ2n) is 3.22. The fourth-order valence-electron chi connectivity index (χ4n) is 1.29. The molecule has 0 radical (unpaired) electrons. The molecule has 0 amide bonds. The summed E-state index contributed by atoms with van der Waals surface area (Å²) in [7, 11) is 0. The third-order valence-electron chi connectivity index (χ3n) is 2.08. The van der Waals surface area contributed by atoms with Crippen LogP contribution in [0.3, 0.4) is 0 Å². The van der Waals surface area contributed by atoms with Crippen LogP contribution in [-0.4, -0.2) is 0 Å². The van der Waals surface area contributed by atoms with Gasteiger partial charge in [0.25, 0.3) is 0 Å². The molecule has 3 nitrogen and oxygen atoms in total. The smallest absolute Gasteiger partial charge is 0.125 e. The quantitative estimate of drug-likeness (QED) is 0.759. The molecule has 0 aliphatic carbocycles. The number of nitrogen functional groups attached to an aromatic ring is 1. The van der Waals surface area contributed by atoms with Gasteiger partial charge in [0.1, 0.15) is 5.82 Å². The number of halogens is 1. The molecule has 0 saturated heterocycles. The Morgan fingerprint density at radius 2 is 2.20 bits per heavy atom. The summed E-state index contributed by atoms with van der Waals surface area (Å²) in [6.07, 6.45) is 3.25. The van der Waals surface area contributed by atoms with Crippen LogP contribution in [0.5, 0.6) is 0 Å². The van der Waals surface area contributed by atoms with E-state index in [1.54, 1.807) is 18.6 Å². The highest BCUT2D eigenvalue weighted by atomic mass is 19.1. The van der Waals surface area contributed by atoms with Crippen LogP contribution in [0.4, 0.5) is 15.8 Å². The minimum Gasteiger partial charge on any atom is -0.472 e. The zero-order valence-corrected chi connectivity index (χ0v) is 8.03. The maximum Gasteiger partial charge on any atom is 0.125 e. The molecule has 0 atom stereocenters. The van der Waals surface area contributed by atoms with Gasteiger partial charge in [-0.05, 0) is 24.3 Å². The molecular formula is C11H11FN2O. The molecule has 0 bridgehead atoms. The summed E-state index contributed by atoms with van der Waals surface area (Å²) in [6.45, 7) is 0.604. The molecule has 0 fully saturated rings. The van der Waals surface area contributed by atoms with E-state index in [1.165, 1.54) is 12.1 Å². The number of benzene rings is 1. The number of rotatable bonds is 3. The SMILES string of the molecule is Nc1cc(F)ccc1NCc1ccoc1. The molecule has 0 saturated carbocycles. The summed E-state index contributed by atoms with van der Waals surface area (Å²) in [5, 5.41) is 3.09. The largest absolute Gasteiger partial charge is 0.472 e. The van der Waals surface area contributed by atoms with Crippen molar-refractivity contribution >= 4 is 11.4 Å². The Labute approximate surface area is 86.7 Å². The summed E-state index contributed by atoms with van der Waals surface area (Å²) in [6, 6.07) is 6.13. The van der Waals surface area contributed by atoms with Gasteiger partial charge in [0.05, 0.1) is 23.9 Å². The molecule has 2 rings (SSSR count). The second kappa shape index (κ2) is 4.04. The van der Waals surface area contributed by atoms with Crippen LogP contribution in [0.25, 0.3) is 0 Å². The second-order valence-corrected chi connectivity index (χ2v) is 3.22. The van der Waals surface area contributed by atoms with E-state index in [0.717, 1.165) is 11.3 Å². The van der Waals surface area contributed by atoms with Crippen LogP contribution < -0.4 is 11.1 Å². The van der Waals surface area contributed by atoms with Gasteiger partial charge in [0, 0.05) is 12.1 Å². The summed E-state index contributed by atoms with van der Waals surface area (Å²) in [4.78, 5) is 0. The van der Waals surface area contributed by atoms with Crippen molar-refractivity contribution in [3.63, 3.8) is 0 Å². The van der Waals surface area contributed by atoms with E-state index in [4.69, 9.17) is 10.2 Å². The highest BCUT2D eigenvalue weighted by molar-refractivity contribution is 5.65. The molecule has 15 heavy (non-hydrogen) atoms. The first kappa shape index (κ1) is 9.58. The third kappa shape index (κ3) is 2.28. The Morgan fingerprint density at radius 3 is 2.87 bits per heavy atom. The van der Waals surface area contributed by atoms with E-state index in [2.05, 4.69) is 5.32 Å². The van der Waals surface area contributed by atoms with Crippen molar-refractivity contribution in [3.8, 4) is 0 Å². The minimum absolute atomic E-state index is 0.332. The molecule has 3 N–H and O–H groups in total. The van der Waals surface area contributed by atoms with E-state index in [1.807, 2.05) is 6.07 Å². The predicted molar refractivity (Wildman–Crippen MR) is 56.8 cm³/mol. The lowest BCUT2D eigenvalue weighted by molar-refractivity contribution is 0.564. The zero-order chi connectivity index (χ0) is 10.7. The van der Waals surface area contributed by atoms with E-state index in [9.17, 15) is 4.39 Å². The fraction of sp³-hybridized carbons (Fsp3) is 0.0909. The van der Waals surface area contributed by atoms with Gasteiger partial charge in [-0.2, -0.15) is 0 Å². The van der Waals surface area contributed by atoms with Gasteiger partial charge >= 0.3 is 0 Å². The van der Waals surface area contributed by atoms with E-state index < -0.39 is 0 Å². The van der Waals surface area contributed by atoms with Gasteiger partial charge in [-0.1, -0.05) is 0 Å². The van der Waals surface area contributed by atoms with Crippen molar-refractivity contribution in [2.75, 3.05) is 11.1 Å². The number of furan rings is 1. The molecule has 1 heterocycles. The van der Waals surface area contributed by atoms with E-state index in [0.29, 0.717) is 12.2 Å². The minimum atomic E-state index is -0.332. The first-order chi connectivity index (χ1) is 7.25. The Hall–Kier alpha value is -1.97. The Balaban J connectivity index is 2.05. The molecule has 0 spiro atoms. The van der Waals surface area contributed by atoms with Crippen molar-refractivity contribution in [1.82, 2.24) is 0 Å². The van der Waals surface area contributed by atoms with Crippen molar-refractivity contribution in [2.45, 2.75) is 6.54 Å². The highest BCUT2D eigenvalue weighted by Gasteiger charge is 2.00. The van der Waals surface area contributed by atoms with E-state index in [-0.39, 0.29) is 5.82 Å². The summed E-state index contributed by atoms with van der Waals surface area (Å²) < 4.78 is 17.7. The number of nitrogens with two attached hydrogens (primary N) is 1. The van der Waals surface area contributed by atoms with Crippen molar-refractivity contribution < 1.29 is 8.81 Å². The molecular weight excluding hydrogens is 195 g/mol. The molecule has 1 aromatic heterocycles. The monoisotopic (exact) mass is 206 g/mol. The third-order valence-corrected chi connectivity index (χ3v) is 2.08. The number of nitrogens with one attached hydrogen (secondary N) is 1. The van der Waals surface area contributed by atoms with Crippen molar-refractivity contribution in [3.05, 3.63) is 48.2 Å². The molecule has 78 valence electrons. The van der Waals surface area contributed by atoms with Crippen molar-refractivity contribution in [1.29, 1.82) is 0 Å². The Morgan fingerprint density at radius 1 is 1.33 bits per heavy atom. The lowest BCUT2D eigenvalue weighted by atomic mass is 10.2. The van der Waals surface area contributed by atoms with Gasteiger partial charge in [0.2, 0.25) is 0 Å². The average molecular weight is 206 g/mol. The maximum absolute atomic E-state index is 12.7. The number of hydrogen-bond acceptors (Lipinski definition) is 3. The predicted octanol–water partition coefficient (Wildman–Crippen LogP) is 2.61. The first-order valence-electron chi connectivity index (χ1n) is 4.55. The normalized spacial score (nSPS) is 10.2. The molecule has 0 aliphatic heterocycles. The first-order valence-corrected chi connectivity index (χ1v) is 4.55. The lowest BCUT2D eigenvalue weighted by Crippen LogP contribution is -2.01.